The summed E-state index contributed by atoms with van der Waals surface area (Å²) in [6.07, 6.45) is 3.97. The number of aryl methyl sites for hydroxylation is 2. The molecule has 1 aromatic heterocycles. The maximum absolute atomic E-state index is 6.26. The lowest BCUT2D eigenvalue weighted by Gasteiger charge is -2.20. The average Bonchev–Trinajstić information content (AvgIpc) is 2.98. The van der Waals surface area contributed by atoms with Crippen LogP contribution < -0.4 is 16.0 Å². The van der Waals surface area contributed by atoms with Crippen molar-refractivity contribution in [3.63, 3.8) is 0 Å². The lowest BCUT2D eigenvalue weighted by Crippen LogP contribution is -2.21. The van der Waals surface area contributed by atoms with E-state index in [-0.39, 0.29) is 0 Å². The summed E-state index contributed by atoms with van der Waals surface area (Å²) in [5.41, 5.74) is 10.3. The molecule has 2 aromatic rings. The van der Waals surface area contributed by atoms with E-state index >= 15 is 0 Å². The molecule has 3 rings (SSSR count). The van der Waals surface area contributed by atoms with Crippen LogP contribution in [0.15, 0.2) is 24.5 Å². The number of hydrogen-bond acceptors (Lipinski definition) is 5. The van der Waals surface area contributed by atoms with Crippen LogP contribution in [0.3, 0.4) is 0 Å². The van der Waals surface area contributed by atoms with Gasteiger partial charge in [0.05, 0.1) is 0 Å². The molecule has 0 aliphatic carbocycles. The van der Waals surface area contributed by atoms with E-state index < -0.39 is 0 Å². The van der Waals surface area contributed by atoms with Crippen LogP contribution in [-0.4, -0.2) is 23.1 Å². The van der Waals surface area contributed by atoms with Crippen molar-refractivity contribution in [2.24, 2.45) is 0 Å². The van der Waals surface area contributed by atoms with Crippen molar-refractivity contribution < 1.29 is 0 Å². The molecule has 0 atom stereocenters. The SMILES string of the molecule is Cc1ccc(Nc2ncnc(N3CCCC3)c2N)c(C)c1. The Bertz CT molecular complexity index is 647. The highest BCUT2D eigenvalue weighted by molar-refractivity contribution is 5.79. The minimum Gasteiger partial charge on any atom is -0.393 e. The first-order chi connectivity index (χ1) is 10.1. The molecule has 2 heterocycles. The van der Waals surface area contributed by atoms with Crippen LogP contribution >= 0.6 is 0 Å². The largest absolute Gasteiger partial charge is 0.393 e. The van der Waals surface area contributed by atoms with Crippen molar-refractivity contribution in [2.75, 3.05) is 29.0 Å². The van der Waals surface area contributed by atoms with Crippen molar-refractivity contribution in [1.82, 2.24) is 9.97 Å². The van der Waals surface area contributed by atoms with Crippen LogP contribution in [-0.2, 0) is 0 Å². The molecule has 0 radical (unpaired) electrons. The first-order valence-corrected chi connectivity index (χ1v) is 7.35. The second kappa shape index (κ2) is 5.60. The summed E-state index contributed by atoms with van der Waals surface area (Å²) in [7, 11) is 0. The number of anilines is 4. The molecule has 1 saturated heterocycles. The van der Waals surface area contributed by atoms with E-state index in [2.05, 4.69) is 52.2 Å². The topological polar surface area (TPSA) is 67.1 Å². The third kappa shape index (κ3) is 2.77. The fourth-order valence-electron chi connectivity index (χ4n) is 2.75. The standard InChI is InChI=1S/C16H21N5/c1-11-5-6-13(12(2)9-11)20-15-14(17)16(19-10-18-15)21-7-3-4-8-21/h5-6,9-10H,3-4,7-8,17H2,1-2H3,(H,18,19,20). The van der Waals surface area contributed by atoms with Gasteiger partial charge in [-0.05, 0) is 38.3 Å². The molecule has 5 heteroatoms. The van der Waals surface area contributed by atoms with Crippen LogP contribution in [0.1, 0.15) is 24.0 Å². The van der Waals surface area contributed by atoms with E-state index in [1.165, 1.54) is 24.0 Å². The zero-order valence-electron chi connectivity index (χ0n) is 12.6. The van der Waals surface area contributed by atoms with Crippen LogP contribution in [0.25, 0.3) is 0 Å². The highest BCUT2D eigenvalue weighted by atomic mass is 15.2. The normalized spacial score (nSPS) is 14.5. The Morgan fingerprint density at radius 1 is 1.14 bits per heavy atom. The quantitative estimate of drug-likeness (QED) is 0.906. The van der Waals surface area contributed by atoms with Gasteiger partial charge in [0.25, 0.3) is 0 Å². The minimum absolute atomic E-state index is 0.624. The number of nitrogens with two attached hydrogens (primary N) is 1. The fraction of sp³-hybridized carbons (Fsp3) is 0.375. The first-order valence-electron chi connectivity index (χ1n) is 7.35. The maximum Gasteiger partial charge on any atom is 0.159 e. The van der Waals surface area contributed by atoms with E-state index in [1.807, 2.05) is 0 Å². The van der Waals surface area contributed by atoms with Gasteiger partial charge in [0.1, 0.15) is 12.0 Å². The van der Waals surface area contributed by atoms with Gasteiger partial charge in [0, 0.05) is 18.8 Å². The monoisotopic (exact) mass is 283 g/mol. The second-order valence-electron chi connectivity index (χ2n) is 5.60. The molecule has 0 amide bonds. The maximum atomic E-state index is 6.26. The van der Waals surface area contributed by atoms with Gasteiger partial charge in [-0.2, -0.15) is 0 Å². The molecule has 21 heavy (non-hydrogen) atoms. The van der Waals surface area contributed by atoms with E-state index in [9.17, 15) is 0 Å². The van der Waals surface area contributed by atoms with Gasteiger partial charge in [-0.25, -0.2) is 9.97 Å². The Morgan fingerprint density at radius 2 is 1.90 bits per heavy atom. The van der Waals surface area contributed by atoms with Crippen LogP contribution in [0, 0.1) is 13.8 Å². The van der Waals surface area contributed by atoms with Crippen molar-refractivity contribution in [3.8, 4) is 0 Å². The second-order valence-corrected chi connectivity index (χ2v) is 5.60. The highest BCUT2D eigenvalue weighted by Crippen LogP contribution is 2.31. The number of nitrogen functional groups attached to an aromatic ring is 1. The van der Waals surface area contributed by atoms with E-state index in [0.717, 1.165) is 24.6 Å². The summed E-state index contributed by atoms with van der Waals surface area (Å²) in [5, 5.41) is 3.33. The number of aromatic nitrogens is 2. The molecule has 0 bridgehead atoms. The first kappa shape index (κ1) is 13.7. The van der Waals surface area contributed by atoms with Crippen LogP contribution in [0.4, 0.5) is 23.0 Å². The summed E-state index contributed by atoms with van der Waals surface area (Å²) in [6, 6.07) is 6.27. The molecule has 0 unspecified atom stereocenters. The third-order valence-corrected chi connectivity index (χ3v) is 3.90. The summed E-state index contributed by atoms with van der Waals surface area (Å²) in [5.74, 6) is 1.52. The van der Waals surface area contributed by atoms with Crippen molar-refractivity contribution in [3.05, 3.63) is 35.7 Å². The van der Waals surface area contributed by atoms with Gasteiger partial charge in [-0.3, -0.25) is 0 Å². The van der Waals surface area contributed by atoms with Gasteiger partial charge in [0.2, 0.25) is 0 Å². The van der Waals surface area contributed by atoms with Gasteiger partial charge in [0.15, 0.2) is 11.6 Å². The van der Waals surface area contributed by atoms with E-state index in [4.69, 9.17) is 5.73 Å². The molecule has 1 aromatic carbocycles. The summed E-state index contributed by atoms with van der Waals surface area (Å²) in [4.78, 5) is 10.9. The average molecular weight is 283 g/mol. The predicted molar refractivity (Wildman–Crippen MR) is 87.1 cm³/mol. The van der Waals surface area contributed by atoms with Crippen molar-refractivity contribution in [2.45, 2.75) is 26.7 Å². The Kier molecular flexibility index (Phi) is 3.64. The van der Waals surface area contributed by atoms with Crippen molar-refractivity contribution >= 4 is 23.0 Å². The summed E-state index contributed by atoms with van der Waals surface area (Å²) < 4.78 is 0. The van der Waals surface area contributed by atoms with Crippen LogP contribution in [0.5, 0.6) is 0 Å². The Labute approximate surface area is 125 Å². The lowest BCUT2D eigenvalue weighted by atomic mass is 10.1. The molecule has 1 fully saturated rings. The van der Waals surface area contributed by atoms with E-state index in [0.29, 0.717) is 11.5 Å². The number of rotatable bonds is 3. The van der Waals surface area contributed by atoms with E-state index in [1.54, 1.807) is 6.33 Å². The molecule has 3 N–H and O–H groups in total. The smallest absolute Gasteiger partial charge is 0.159 e. The third-order valence-electron chi connectivity index (χ3n) is 3.90. The summed E-state index contributed by atoms with van der Waals surface area (Å²) in [6.45, 7) is 6.20. The minimum atomic E-state index is 0.624. The van der Waals surface area contributed by atoms with Gasteiger partial charge >= 0.3 is 0 Å². The van der Waals surface area contributed by atoms with Gasteiger partial charge in [-0.15, -0.1) is 0 Å². The van der Waals surface area contributed by atoms with Crippen molar-refractivity contribution in [1.29, 1.82) is 0 Å². The number of nitrogens with zero attached hydrogens (tertiary/aromatic N) is 3. The number of hydrogen-bond donors (Lipinski definition) is 2. The molecule has 1 aliphatic heterocycles. The number of nitrogens with one attached hydrogen (secondary N) is 1. The van der Waals surface area contributed by atoms with Gasteiger partial charge < -0.3 is 16.0 Å². The molecule has 5 nitrogen and oxygen atoms in total. The Morgan fingerprint density at radius 3 is 2.62 bits per heavy atom. The molecule has 1 aliphatic rings. The molecule has 0 saturated carbocycles. The Balaban J connectivity index is 1.90. The zero-order valence-corrected chi connectivity index (χ0v) is 12.6. The number of benzene rings is 1. The Hall–Kier alpha value is -2.30. The zero-order chi connectivity index (χ0) is 14.8. The highest BCUT2D eigenvalue weighted by Gasteiger charge is 2.18. The molecular formula is C16H21N5. The lowest BCUT2D eigenvalue weighted by molar-refractivity contribution is 0.931. The predicted octanol–water partition coefficient (Wildman–Crippen LogP) is 3.02. The van der Waals surface area contributed by atoms with Gasteiger partial charge in [-0.1, -0.05) is 17.7 Å². The summed E-state index contributed by atoms with van der Waals surface area (Å²) >= 11 is 0. The molecule has 0 spiro atoms. The molecular weight excluding hydrogens is 262 g/mol. The fourth-order valence-corrected chi connectivity index (χ4v) is 2.75. The molecule has 110 valence electrons. The van der Waals surface area contributed by atoms with Crippen LogP contribution in [0.2, 0.25) is 0 Å².